The zero-order valence-electron chi connectivity index (χ0n) is 11.1. The number of hydrogen-bond acceptors (Lipinski definition) is 0. The standard InChI is InChI=1S/C16H20BrN/c1-16(2)8-4-3-5-14(16)13-10-18-15-7-6-11(17)9-12(13)15/h6-7,9-10,14,18H,3-5,8H2,1-2H3. The molecule has 1 heterocycles. The van der Waals surface area contributed by atoms with E-state index in [-0.39, 0.29) is 0 Å². The molecule has 0 bridgehead atoms. The third-order valence-corrected chi connectivity index (χ3v) is 5.05. The number of halogens is 1. The van der Waals surface area contributed by atoms with Gasteiger partial charge in [-0.05, 0) is 47.9 Å². The minimum Gasteiger partial charge on any atom is -0.361 e. The Morgan fingerprint density at radius 2 is 2.11 bits per heavy atom. The van der Waals surface area contributed by atoms with Gasteiger partial charge in [0.2, 0.25) is 0 Å². The van der Waals surface area contributed by atoms with Gasteiger partial charge in [-0.1, -0.05) is 42.6 Å². The van der Waals surface area contributed by atoms with E-state index in [1.807, 2.05) is 0 Å². The van der Waals surface area contributed by atoms with E-state index in [9.17, 15) is 0 Å². The van der Waals surface area contributed by atoms with Crippen molar-refractivity contribution in [3.05, 3.63) is 34.4 Å². The van der Waals surface area contributed by atoms with Crippen molar-refractivity contribution in [3.63, 3.8) is 0 Å². The average molecular weight is 306 g/mol. The Morgan fingerprint density at radius 3 is 2.89 bits per heavy atom. The Bertz CT molecular complexity index is 567. The smallest absolute Gasteiger partial charge is 0.0457 e. The summed E-state index contributed by atoms with van der Waals surface area (Å²) in [5.74, 6) is 0.689. The number of aromatic nitrogens is 1. The molecular formula is C16H20BrN. The van der Waals surface area contributed by atoms with Crippen molar-refractivity contribution in [2.24, 2.45) is 5.41 Å². The van der Waals surface area contributed by atoms with Gasteiger partial charge in [0.05, 0.1) is 0 Å². The summed E-state index contributed by atoms with van der Waals surface area (Å²) in [7, 11) is 0. The van der Waals surface area contributed by atoms with E-state index in [4.69, 9.17) is 0 Å². The van der Waals surface area contributed by atoms with Crippen molar-refractivity contribution in [1.29, 1.82) is 0 Å². The molecule has 2 aromatic rings. The molecule has 96 valence electrons. The topological polar surface area (TPSA) is 15.8 Å². The number of hydrogen-bond donors (Lipinski definition) is 1. The molecule has 1 aromatic heterocycles. The molecule has 0 saturated heterocycles. The van der Waals surface area contributed by atoms with Gasteiger partial charge < -0.3 is 4.98 Å². The number of rotatable bonds is 1. The van der Waals surface area contributed by atoms with E-state index in [2.05, 4.69) is 59.2 Å². The molecule has 1 aliphatic rings. The van der Waals surface area contributed by atoms with Crippen molar-refractivity contribution in [3.8, 4) is 0 Å². The van der Waals surface area contributed by atoms with E-state index in [0.29, 0.717) is 11.3 Å². The average Bonchev–Trinajstić information content (AvgIpc) is 2.71. The molecule has 18 heavy (non-hydrogen) atoms. The maximum atomic E-state index is 3.59. The van der Waals surface area contributed by atoms with Crippen LogP contribution in [0.5, 0.6) is 0 Å². The summed E-state index contributed by atoms with van der Waals surface area (Å²) in [4.78, 5) is 3.43. The second-order valence-electron chi connectivity index (χ2n) is 6.22. The third kappa shape index (κ3) is 2.01. The van der Waals surface area contributed by atoms with Gasteiger partial charge >= 0.3 is 0 Å². The van der Waals surface area contributed by atoms with E-state index in [1.54, 1.807) is 0 Å². The Labute approximate surface area is 117 Å². The first-order valence-electron chi connectivity index (χ1n) is 6.84. The van der Waals surface area contributed by atoms with Crippen molar-refractivity contribution in [2.45, 2.75) is 45.4 Å². The van der Waals surface area contributed by atoms with Crippen LogP contribution in [0.2, 0.25) is 0 Å². The zero-order chi connectivity index (χ0) is 12.8. The van der Waals surface area contributed by atoms with Gasteiger partial charge in [-0.2, -0.15) is 0 Å². The fourth-order valence-electron chi connectivity index (χ4n) is 3.47. The van der Waals surface area contributed by atoms with Crippen LogP contribution < -0.4 is 0 Å². The molecular weight excluding hydrogens is 286 g/mol. The normalized spacial score (nSPS) is 23.4. The van der Waals surface area contributed by atoms with Crippen LogP contribution in [0.25, 0.3) is 10.9 Å². The summed E-state index contributed by atoms with van der Waals surface area (Å²) < 4.78 is 1.17. The predicted octanol–water partition coefficient (Wildman–Crippen LogP) is 5.61. The number of fused-ring (bicyclic) bond motifs is 1. The maximum absolute atomic E-state index is 3.59. The Morgan fingerprint density at radius 1 is 1.28 bits per heavy atom. The SMILES string of the molecule is CC1(C)CCCCC1c1c[nH]c2ccc(Br)cc12. The molecule has 1 atom stereocenters. The van der Waals surface area contributed by atoms with Gasteiger partial charge in [-0.15, -0.1) is 0 Å². The van der Waals surface area contributed by atoms with Crippen LogP contribution in [0, 0.1) is 5.41 Å². The van der Waals surface area contributed by atoms with Gasteiger partial charge in [-0.25, -0.2) is 0 Å². The summed E-state index contributed by atoms with van der Waals surface area (Å²) >= 11 is 3.59. The summed E-state index contributed by atoms with van der Waals surface area (Å²) in [6.07, 6.45) is 7.66. The molecule has 1 nitrogen and oxygen atoms in total. The van der Waals surface area contributed by atoms with Crippen LogP contribution in [-0.4, -0.2) is 4.98 Å². The highest BCUT2D eigenvalue weighted by Gasteiger charge is 2.34. The van der Waals surface area contributed by atoms with Crippen molar-refractivity contribution in [1.82, 2.24) is 4.98 Å². The molecule has 3 rings (SSSR count). The summed E-state index contributed by atoms with van der Waals surface area (Å²) in [5, 5.41) is 1.39. The van der Waals surface area contributed by atoms with Crippen LogP contribution >= 0.6 is 15.9 Å². The second kappa shape index (κ2) is 4.41. The zero-order valence-corrected chi connectivity index (χ0v) is 12.7. The lowest BCUT2D eigenvalue weighted by Gasteiger charge is -2.38. The highest BCUT2D eigenvalue weighted by atomic mass is 79.9. The van der Waals surface area contributed by atoms with E-state index in [0.717, 1.165) is 0 Å². The van der Waals surface area contributed by atoms with Crippen molar-refractivity contribution < 1.29 is 0 Å². The van der Waals surface area contributed by atoms with E-state index >= 15 is 0 Å². The van der Waals surface area contributed by atoms with Crippen LogP contribution in [0.4, 0.5) is 0 Å². The minimum absolute atomic E-state index is 0.426. The van der Waals surface area contributed by atoms with Crippen molar-refractivity contribution in [2.75, 3.05) is 0 Å². The lowest BCUT2D eigenvalue weighted by atomic mass is 9.66. The minimum atomic E-state index is 0.426. The highest BCUT2D eigenvalue weighted by molar-refractivity contribution is 9.10. The molecule has 1 N–H and O–H groups in total. The predicted molar refractivity (Wildman–Crippen MR) is 81.0 cm³/mol. The van der Waals surface area contributed by atoms with Gasteiger partial charge in [0.1, 0.15) is 0 Å². The number of H-pyrrole nitrogens is 1. The molecule has 0 aliphatic heterocycles. The number of aromatic amines is 1. The summed E-state index contributed by atoms with van der Waals surface area (Å²) in [6.45, 7) is 4.85. The molecule has 1 fully saturated rings. The van der Waals surface area contributed by atoms with Crippen molar-refractivity contribution >= 4 is 26.8 Å². The Kier molecular flexibility index (Phi) is 3.01. The first kappa shape index (κ1) is 12.3. The van der Waals surface area contributed by atoms with E-state index < -0.39 is 0 Å². The lowest BCUT2D eigenvalue weighted by Crippen LogP contribution is -2.25. The second-order valence-corrected chi connectivity index (χ2v) is 7.14. The van der Waals surface area contributed by atoms with Crippen LogP contribution in [0.3, 0.4) is 0 Å². The molecule has 0 radical (unpaired) electrons. The van der Waals surface area contributed by atoms with Crippen LogP contribution in [0.1, 0.15) is 51.0 Å². The number of nitrogens with one attached hydrogen (secondary N) is 1. The largest absolute Gasteiger partial charge is 0.361 e. The molecule has 1 aromatic carbocycles. The molecule has 0 spiro atoms. The Hall–Kier alpha value is -0.760. The fraction of sp³-hybridized carbons (Fsp3) is 0.500. The molecule has 1 unspecified atom stereocenters. The molecule has 1 saturated carbocycles. The number of benzene rings is 1. The van der Waals surface area contributed by atoms with Crippen LogP contribution in [0.15, 0.2) is 28.9 Å². The van der Waals surface area contributed by atoms with Crippen LogP contribution in [-0.2, 0) is 0 Å². The van der Waals surface area contributed by atoms with Gasteiger partial charge in [-0.3, -0.25) is 0 Å². The first-order chi connectivity index (χ1) is 8.58. The van der Waals surface area contributed by atoms with E-state index in [1.165, 1.54) is 46.6 Å². The quantitative estimate of drug-likeness (QED) is 0.704. The highest BCUT2D eigenvalue weighted by Crippen LogP contribution is 2.48. The third-order valence-electron chi connectivity index (χ3n) is 4.56. The molecule has 0 amide bonds. The molecule has 1 aliphatic carbocycles. The van der Waals surface area contributed by atoms with Gasteiger partial charge in [0.15, 0.2) is 0 Å². The Balaban J connectivity index is 2.10. The fourth-order valence-corrected chi connectivity index (χ4v) is 3.83. The lowest BCUT2D eigenvalue weighted by molar-refractivity contribution is 0.201. The molecule has 2 heteroatoms. The van der Waals surface area contributed by atoms with Gasteiger partial charge in [0, 0.05) is 21.6 Å². The summed E-state index contributed by atoms with van der Waals surface area (Å²) in [5.41, 5.74) is 3.20. The maximum Gasteiger partial charge on any atom is 0.0457 e. The van der Waals surface area contributed by atoms with Gasteiger partial charge in [0.25, 0.3) is 0 Å². The monoisotopic (exact) mass is 305 g/mol. The first-order valence-corrected chi connectivity index (χ1v) is 7.64. The summed E-state index contributed by atoms with van der Waals surface area (Å²) in [6, 6.07) is 6.53.